The minimum Gasteiger partial charge on any atom is -0.507 e. The molecule has 2 N–H and O–H groups in total. The van der Waals surface area contributed by atoms with E-state index in [0.717, 1.165) is 31.8 Å². The second kappa shape index (κ2) is 5.59. The number of hydrogen-bond donors (Lipinski definition) is 2. The summed E-state index contributed by atoms with van der Waals surface area (Å²) in [5.74, 6) is 0.155. The van der Waals surface area contributed by atoms with E-state index < -0.39 is 6.10 Å². The molecule has 1 heterocycles. The number of benzene rings is 1. The molecule has 1 fully saturated rings. The quantitative estimate of drug-likeness (QED) is 0.863. The van der Waals surface area contributed by atoms with E-state index in [-0.39, 0.29) is 11.9 Å². The monoisotopic (exact) mass is 251 g/mol. The lowest BCUT2D eigenvalue weighted by molar-refractivity contribution is 0.0384. The van der Waals surface area contributed by atoms with E-state index in [1.807, 2.05) is 6.07 Å². The first kappa shape index (κ1) is 13.2. The SMILES string of the molecule is CCC1CN(c2ccc(C(C)O)c(O)c2)CCO1. The molecule has 100 valence electrons. The van der Waals surface area contributed by atoms with E-state index in [2.05, 4.69) is 11.8 Å². The van der Waals surface area contributed by atoms with Crippen LogP contribution in [0, 0.1) is 0 Å². The lowest BCUT2D eigenvalue weighted by Gasteiger charge is -2.34. The average molecular weight is 251 g/mol. The Kier molecular flexibility index (Phi) is 4.09. The summed E-state index contributed by atoms with van der Waals surface area (Å²) < 4.78 is 5.63. The topological polar surface area (TPSA) is 52.9 Å². The van der Waals surface area contributed by atoms with Crippen LogP contribution in [0.15, 0.2) is 18.2 Å². The van der Waals surface area contributed by atoms with Gasteiger partial charge in [0.2, 0.25) is 0 Å². The van der Waals surface area contributed by atoms with E-state index in [9.17, 15) is 10.2 Å². The molecule has 1 aromatic rings. The van der Waals surface area contributed by atoms with E-state index >= 15 is 0 Å². The smallest absolute Gasteiger partial charge is 0.123 e. The number of nitrogens with zero attached hydrogens (tertiary/aromatic N) is 1. The zero-order valence-electron chi connectivity index (χ0n) is 11.0. The van der Waals surface area contributed by atoms with Crippen molar-refractivity contribution in [1.29, 1.82) is 0 Å². The van der Waals surface area contributed by atoms with Gasteiger partial charge in [-0.05, 0) is 19.4 Å². The highest BCUT2D eigenvalue weighted by molar-refractivity contribution is 5.54. The van der Waals surface area contributed by atoms with Crippen LogP contribution in [0.4, 0.5) is 5.69 Å². The maximum absolute atomic E-state index is 9.90. The first-order valence-corrected chi connectivity index (χ1v) is 6.49. The van der Waals surface area contributed by atoms with E-state index in [1.165, 1.54) is 0 Å². The van der Waals surface area contributed by atoms with Crippen LogP contribution in [0.5, 0.6) is 5.75 Å². The van der Waals surface area contributed by atoms with Gasteiger partial charge in [0.15, 0.2) is 0 Å². The van der Waals surface area contributed by atoms with Crippen LogP contribution in [0.1, 0.15) is 31.9 Å². The molecule has 1 aromatic carbocycles. The zero-order valence-corrected chi connectivity index (χ0v) is 11.0. The van der Waals surface area contributed by atoms with Crippen molar-refractivity contribution in [3.63, 3.8) is 0 Å². The number of phenolic OH excluding ortho intramolecular Hbond substituents is 1. The number of aliphatic hydroxyl groups excluding tert-OH is 1. The molecule has 2 rings (SSSR count). The Balaban J connectivity index is 2.16. The molecule has 2 unspecified atom stereocenters. The zero-order chi connectivity index (χ0) is 13.1. The van der Waals surface area contributed by atoms with E-state index in [1.54, 1.807) is 19.1 Å². The van der Waals surface area contributed by atoms with Gasteiger partial charge in [0.25, 0.3) is 0 Å². The Morgan fingerprint density at radius 1 is 1.50 bits per heavy atom. The number of aliphatic hydroxyl groups is 1. The number of ether oxygens (including phenoxy) is 1. The van der Waals surface area contributed by atoms with Gasteiger partial charge in [0.05, 0.1) is 18.8 Å². The third-order valence-corrected chi connectivity index (χ3v) is 3.42. The van der Waals surface area contributed by atoms with E-state index in [4.69, 9.17) is 4.74 Å². The van der Waals surface area contributed by atoms with Crippen molar-refractivity contribution >= 4 is 5.69 Å². The van der Waals surface area contributed by atoms with Gasteiger partial charge >= 0.3 is 0 Å². The van der Waals surface area contributed by atoms with Crippen molar-refractivity contribution < 1.29 is 14.9 Å². The Labute approximate surface area is 108 Å². The van der Waals surface area contributed by atoms with Crippen LogP contribution in [0.2, 0.25) is 0 Å². The average Bonchev–Trinajstić information content (AvgIpc) is 2.38. The molecule has 0 bridgehead atoms. The van der Waals surface area contributed by atoms with Crippen LogP contribution < -0.4 is 4.90 Å². The van der Waals surface area contributed by atoms with Gasteiger partial charge in [-0.25, -0.2) is 0 Å². The molecular formula is C14H21NO3. The molecule has 0 spiro atoms. The first-order valence-electron chi connectivity index (χ1n) is 6.49. The van der Waals surface area contributed by atoms with Crippen molar-refractivity contribution in [2.45, 2.75) is 32.5 Å². The molecule has 18 heavy (non-hydrogen) atoms. The fraction of sp³-hybridized carbons (Fsp3) is 0.571. The van der Waals surface area contributed by atoms with Crippen molar-refractivity contribution in [3.05, 3.63) is 23.8 Å². The molecular weight excluding hydrogens is 230 g/mol. The number of morpholine rings is 1. The van der Waals surface area contributed by atoms with Crippen molar-refractivity contribution in [2.24, 2.45) is 0 Å². The number of anilines is 1. The minimum atomic E-state index is -0.646. The maximum Gasteiger partial charge on any atom is 0.123 e. The molecule has 0 amide bonds. The molecule has 0 aromatic heterocycles. The summed E-state index contributed by atoms with van der Waals surface area (Å²) in [6.45, 7) is 6.17. The standard InChI is InChI=1S/C14H21NO3/c1-3-12-9-15(6-7-18-12)11-4-5-13(10(2)16)14(17)8-11/h4-5,8,10,12,16-17H,3,6-7,9H2,1-2H3. The van der Waals surface area contributed by atoms with Crippen molar-refractivity contribution in [3.8, 4) is 5.75 Å². The van der Waals surface area contributed by atoms with Crippen LogP contribution in [-0.4, -0.2) is 36.0 Å². The molecule has 2 atom stereocenters. The number of rotatable bonds is 3. The number of phenols is 1. The van der Waals surface area contributed by atoms with Gasteiger partial charge in [-0.1, -0.05) is 13.0 Å². The largest absolute Gasteiger partial charge is 0.507 e. The molecule has 1 saturated heterocycles. The highest BCUT2D eigenvalue weighted by Gasteiger charge is 2.20. The second-order valence-corrected chi connectivity index (χ2v) is 4.77. The van der Waals surface area contributed by atoms with Crippen LogP contribution in [-0.2, 0) is 4.74 Å². The number of aromatic hydroxyl groups is 1. The fourth-order valence-corrected chi connectivity index (χ4v) is 2.28. The van der Waals surface area contributed by atoms with Gasteiger partial charge in [-0.2, -0.15) is 0 Å². The summed E-state index contributed by atoms with van der Waals surface area (Å²) in [4.78, 5) is 2.21. The van der Waals surface area contributed by atoms with Crippen LogP contribution in [0.3, 0.4) is 0 Å². The Bertz CT molecular complexity index is 406. The van der Waals surface area contributed by atoms with Gasteiger partial charge in [-0.3, -0.25) is 0 Å². The van der Waals surface area contributed by atoms with Gasteiger partial charge < -0.3 is 19.8 Å². The summed E-state index contributed by atoms with van der Waals surface area (Å²) in [7, 11) is 0. The second-order valence-electron chi connectivity index (χ2n) is 4.77. The Morgan fingerprint density at radius 2 is 2.28 bits per heavy atom. The Morgan fingerprint density at radius 3 is 2.89 bits per heavy atom. The Hall–Kier alpha value is -1.26. The molecule has 4 nitrogen and oxygen atoms in total. The number of hydrogen-bond acceptors (Lipinski definition) is 4. The summed E-state index contributed by atoms with van der Waals surface area (Å²) >= 11 is 0. The fourth-order valence-electron chi connectivity index (χ4n) is 2.28. The molecule has 0 radical (unpaired) electrons. The molecule has 0 saturated carbocycles. The summed E-state index contributed by atoms with van der Waals surface area (Å²) in [5.41, 5.74) is 1.55. The molecule has 1 aliphatic rings. The lowest BCUT2D eigenvalue weighted by Crippen LogP contribution is -2.42. The van der Waals surface area contributed by atoms with Gasteiger partial charge in [0, 0.05) is 30.4 Å². The molecule has 4 heteroatoms. The van der Waals surface area contributed by atoms with Crippen LogP contribution in [0.25, 0.3) is 0 Å². The van der Waals surface area contributed by atoms with Crippen molar-refractivity contribution in [2.75, 3.05) is 24.6 Å². The third kappa shape index (κ3) is 2.76. The highest BCUT2D eigenvalue weighted by atomic mass is 16.5. The van der Waals surface area contributed by atoms with Gasteiger partial charge in [-0.15, -0.1) is 0 Å². The first-order chi connectivity index (χ1) is 8.61. The third-order valence-electron chi connectivity index (χ3n) is 3.42. The van der Waals surface area contributed by atoms with Gasteiger partial charge in [0.1, 0.15) is 5.75 Å². The maximum atomic E-state index is 9.90. The highest BCUT2D eigenvalue weighted by Crippen LogP contribution is 2.29. The normalized spacial score (nSPS) is 21.9. The minimum absolute atomic E-state index is 0.155. The van der Waals surface area contributed by atoms with E-state index in [0.29, 0.717) is 5.56 Å². The summed E-state index contributed by atoms with van der Waals surface area (Å²) in [6, 6.07) is 5.45. The molecule has 1 aliphatic heterocycles. The lowest BCUT2D eigenvalue weighted by atomic mass is 10.1. The predicted molar refractivity (Wildman–Crippen MR) is 71.0 cm³/mol. The van der Waals surface area contributed by atoms with Crippen LogP contribution >= 0.6 is 0 Å². The summed E-state index contributed by atoms with van der Waals surface area (Å²) in [5, 5.41) is 19.4. The molecule has 0 aliphatic carbocycles. The van der Waals surface area contributed by atoms with Crippen molar-refractivity contribution in [1.82, 2.24) is 0 Å². The predicted octanol–water partition coefficient (Wildman–Crippen LogP) is 2.06. The summed E-state index contributed by atoms with van der Waals surface area (Å²) in [6.07, 6.45) is 0.610.